The minimum Gasteiger partial charge on any atom is -0.356 e. The van der Waals surface area contributed by atoms with E-state index in [4.69, 9.17) is 0 Å². The van der Waals surface area contributed by atoms with Crippen molar-refractivity contribution < 1.29 is 18.0 Å². The maximum absolute atomic E-state index is 13.6. The van der Waals surface area contributed by atoms with Crippen LogP contribution in [0, 0.1) is 0 Å². The molecule has 0 radical (unpaired) electrons. The first kappa shape index (κ1) is 26.2. The van der Waals surface area contributed by atoms with Crippen molar-refractivity contribution in [3.63, 3.8) is 0 Å². The second kappa shape index (κ2) is 11.6. The molecule has 3 aromatic carbocycles. The zero-order valence-corrected chi connectivity index (χ0v) is 21.2. The van der Waals surface area contributed by atoms with Crippen LogP contribution in [0.3, 0.4) is 0 Å². The molecule has 5 rings (SSSR count). The molecule has 4 nitrogen and oxygen atoms in total. The lowest BCUT2D eigenvalue weighted by atomic mass is 9.87. The molecule has 2 heterocycles. The van der Waals surface area contributed by atoms with Crippen LogP contribution in [0.25, 0.3) is 10.9 Å². The van der Waals surface area contributed by atoms with Crippen LogP contribution < -0.4 is 5.32 Å². The predicted octanol–water partition coefficient (Wildman–Crippen LogP) is 6.98. The van der Waals surface area contributed by atoms with Crippen molar-refractivity contribution in [2.45, 2.75) is 31.5 Å². The molecule has 7 heteroatoms. The third kappa shape index (κ3) is 6.37. The van der Waals surface area contributed by atoms with E-state index in [1.165, 1.54) is 6.07 Å². The number of halogens is 3. The molecule has 0 aliphatic heterocycles. The highest BCUT2D eigenvalue weighted by Gasteiger charge is 2.32. The Morgan fingerprint density at radius 1 is 0.897 bits per heavy atom. The number of para-hydroxylation sites is 1. The Morgan fingerprint density at radius 2 is 1.67 bits per heavy atom. The number of rotatable bonds is 9. The van der Waals surface area contributed by atoms with Gasteiger partial charge in [0.2, 0.25) is 5.91 Å². The summed E-state index contributed by atoms with van der Waals surface area (Å²) in [6, 6.07) is 28.7. The van der Waals surface area contributed by atoms with E-state index in [1.54, 1.807) is 12.3 Å². The van der Waals surface area contributed by atoms with Gasteiger partial charge in [-0.1, -0.05) is 72.8 Å². The van der Waals surface area contributed by atoms with E-state index < -0.39 is 17.7 Å². The fourth-order valence-electron chi connectivity index (χ4n) is 4.94. The third-order valence-corrected chi connectivity index (χ3v) is 6.83. The second-order valence-corrected chi connectivity index (χ2v) is 9.52. The maximum Gasteiger partial charge on any atom is 0.416 e. The van der Waals surface area contributed by atoms with Crippen LogP contribution >= 0.6 is 0 Å². The van der Waals surface area contributed by atoms with Gasteiger partial charge in [-0.2, -0.15) is 13.2 Å². The van der Waals surface area contributed by atoms with E-state index in [9.17, 15) is 18.0 Å². The van der Waals surface area contributed by atoms with Crippen molar-refractivity contribution in [3.05, 3.63) is 137 Å². The number of hydrogen-bond acceptors (Lipinski definition) is 2. The lowest BCUT2D eigenvalue weighted by molar-refractivity contribution is -0.137. The molecule has 5 aromatic rings. The number of carbonyl (C=O) groups is 1. The van der Waals surface area contributed by atoms with Crippen molar-refractivity contribution in [2.75, 3.05) is 6.54 Å². The highest BCUT2D eigenvalue weighted by atomic mass is 19.4. The van der Waals surface area contributed by atoms with E-state index in [1.807, 2.05) is 79.0 Å². The quantitative estimate of drug-likeness (QED) is 0.225. The van der Waals surface area contributed by atoms with Gasteiger partial charge in [-0.05, 0) is 41.0 Å². The molecule has 0 bridgehead atoms. The van der Waals surface area contributed by atoms with Gasteiger partial charge in [0.25, 0.3) is 0 Å². The van der Waals surface area contributed by atoms with Crippen LogP contribution in [-0.2, 0) is 23.9 Å². The number of benzene rings is 3. The molecular weight excluding hydrogens is 499 g/mol. The highest BCUT2D eigenvalue weighted by Crippen LogP contribution is 2.38. The van der Waals surface area contributed by atoms with Crippen molar-refractivity contribution in [1.82, 2.24) is 14.9 Å². The first-order valence-electron chi connectivity index (χ1n) is 12.8. The van der Waals surface area contributed by atoms with Gasteiger partial charge in [0, 0.05) is 60.8 Å². The number of carbonyl (C=O) groups excluding carboxylic acids is 1. The number of nitrogens with one attached hydrogen (secondary N) is 1. The number of pyridine rings is 1. The molecule has 1 N–H and O–H groups in total. The number of nitrogens with zero attached hydrogens (tertiary/aromatic N) is 2. The molecule has 198 valence electrons. The Labute approximate surface area is 225 Å². The van der Waals surface area contributed by atoms with Gasteiger partial charge < -0.3 is 9.88 Å². The van der Waals surface area contributed by atoms with E-state index in [0.717, 1.165) is 39.9 Å². The number of fused-ring (bicyclic) bond motifs is 1. The fraction of sp³-hybridized carbons (Fsp3) is 0.188. The summed E-state index contributed by atoms with van der Waals surface area (Å²) >= 11 is 0. The smallest absolute Gasteiger partial charge is 0.356 e. The first-order chi connectivity index (χ1) is 18.9. The van der Waals surface area contributed by atoms with Gasteiger partial charge >= 0.3 is 6.18 Å². The SMILES string of the molecule is O=C(CC(c1cccc(C(F)(F)F)c1)c1cn(Cc2ccccc2)c2ccccc12)NCCc1ccccn1. The Morgan fingerprint density at radius 3 is 2.44 bits per heavy atom. The molecule has 1 atom stereocenters. The Balaban J connectivity index is 1.49. The molecule has 1 unspecified atom stereocenters. The third-order valence-electron chi connectivity index (χ3n) is 6.83. The molecule has 39 heavy (non-hydrogen) atoms. The van der Waals surface area contributed by atoms with Crippen LogP contribution in [0.1, 0.15) is 40.3 Å². The highest BCUT2D eigenvalue weighted by molar-refractivity contribution is 5.87. The molecule has 0 saturated heterocycles. The van der Waals surface area contributed by atoms with Crippen LogP contribution in [0.5, 0.6) is 0 Å². The summed E-state index contributed by atoms with van der Waals surface area (Å²) in [7, 11) is 0. The maximum atomic E-state index is 13.6. The van der Waals surface area contributed by atoms with Crippen LogP contribution in [0.15, 0.2) is 109 Å². The van der Waals surface area contributed by atoms with Crippen molar-refractivity contribution in [1.29, 1.82) is 0 Å². The lowest BCUT2D eigenvalue weighted by Gasteiger charge is -2.19. The number of hydrogen-bond donors (Lipinski definition) is 1. The van der Waals surface area contributed by atoms with Gasteiger partial charge in [-0.15, -0.1) is 0 Å². The predicted molar refractivity (Wildman–Crippen MR) is 146 cm³/mol. The molecule has 0 spiro atoms. The lowest BCUT2D eigenvalue weighted by Crippen LogP contribution is -2.27. The number of aromatic nitrogens is 2. The van der Waals surface area contributed by atoms with E-state index >= 15 is 0 Å². The topological polar surface area (TPSA) is 46.9 Å². The summed E-state index contributed by atoms with van der Waals surface area (Å²) in [5.41, 5.74) is 3.47. The Kier molecular flexibility index (Phi) is 7.77. The minimum absolute atomic E-state index is 0.0167. The molecule has 0 saturated carbocycles. The molecular formula is C32H28F3N3O. The van der Waals surface area contributed by atoms with Crippen molar-refractivity contribution >= 4 is 16.8 Å². The summed E-state index contributed by atoms with van der Waals surface area (Å²) in [5.74, 6) is -0.794. The monoisotopic (exact) mass is 527 g/mol. The Hall–Kier alpha value is -4.39. The van der Waals surface area contributed by atoms with Gasteiger partial charge in [-0.3, -0.25) is 9.78 Å². The molecule has 0 aliphatic rings. The first-order valence-corrected chi connectivity index (χ1v) is 12.8. The normalized spacial score (nSPS) is 12.4. The standard InChI is InChI=1S/C32H28F3N3O/c33-32(34,35)25-12-8-11-24(19-25)28(20-31(39)37-18-16-26-13-6-7-17-36-26)29-22-38(21-23-9-2-1-3-10-23)30-15-5-4-14-27(29)30/h1-15,17,19,22,28H,16,18,20-21H2,(H,37,39). The fourth-order valence-corrected chi connectivity index (χ4v) is 4.94. The minimum atomic E-state index is -4.48. The van der Waals surface area contributed by atoms with Crippen LogP contribution in [0.4, 0.5) is 13.2 Å². The summed E-state index contributed by atoms with van der Waals surface area (Å²) in [6.45, 7) is 0.994. The van der Waals surface area contributed by atoms with E-state index in [-0.39, 0.29) is 12.3 Å². The van der Waals surface area contributed by atoms with Crippen LogP contribution in [-0.4, -0.2) is 22.0 Å². The van der Waals surface area contributed by atoms with Crippen molar-refractivity contribution in [2.24, 2.45) is 0 Å². The summed E-state index contributed by atoms with van der Waals surface area (Å²) in [5, 5.41) is 3.85. The summed E-state index contributed by atoms with van der Waals surface area (Å²) < 4.78 is 43.0. The number of alkyl halides is 3. The molecule has 2 aromatic heterocycles. The van der Waals surface area contributed by atoms with Gasteiger partial charge in [0.05, 0.1) is 5.56 Å². The van der Waals surface area contributed by atoms with Crippen molar-refractivity contribution in [3.8, 4) is 0 Å². The molecule has 1 amide bonds. The average Bonchev–Trinajstić information content (AvgIpc) is 3.30. The number of amides is 1. The average molecular weight is 528 g/mol. The zero-order valence-electron chi connectivity index (χ0n) is 21.2. The molecule has 0 fully saturated rings. The Bertz CT molecular complexity index is 1550. The van der Waals surface area contributed by atoms with Gasteiger partial charge in [0.15, 0.2) is 0 Å². The summed E-state index contributed by atoms with van der Waals surface area (Å²) in [4.78, 5) is 17.4. The largest absolute Gasteiger partial charge is 0.416 e. The van der Waals surface area contributed by atoms with Crippen LogP contribution in [0.2, 0.25) is 0 Å². The van der Waals surface area contributed by atoms with Gasteiger partial charge in [0.1, 0.15) is 0 Å². The van der Waals surface area contributed by atoms with E-state index in [2.05, 4.69) is 14.9 Å². The molecule has 0 aliphatic carbocycles. The second-order valence-electron chi connectivity index (χ2n) is 9.52. The zero-order chi connectivity index (χ0) is 27.2. The van der Waals surface area contributed by atoms with Gasteiger partial charge in [-0.25, -0.2) is 0 Å². The summed E-state index contributed by atoms with van der Waals surface area (Å²) in [6.07, 6.45) is -0.220. The van der Waals surface area contributed by atoms with E-state index in [0.29, 0.717) is 25.1 Å².